The van der Waals surface area contributed by atoms with E-state index in [1.807, 2.05) is 44.4 Å². The van der Waals surface area contributed by atoms with Crippen molar-refractivity contribution in [2.75, 3.05) is 39.0 Å². The first-order valence-corrected chi connectivity index (χ1v) is 9.24. The highest BCUT2D eigenvalue weighted by Gasteiger charge is 2.36. The van der Waals surface area contributed by atoms with E-state index < -0.39 is 5.54 Å². The number of benzene rings is 1. The molecule has 1 aromatic carbocycles. The molecule has 0 spiro atoms. The van der Waals surface area contributed by atoms with Crippen molar-refractivity contribution in [3.63, 3.8) is 0 Å². The summed E-state index contributed by atoms with van der Waals surface area (Å²) in [5, 5.41) is 8.68. The first-order valence-electron chi connectivity index (χ1n) is 8.02. The highest BCUT2D eigenvalue weighted by molar-refractivity contribution is 7.98. The molecule has 5 heteroatoms. The number of hydrogen-bond acceptors (Lipinski definition) is 5. The van der Waals surface area contributed by atoms with Crippen LogP contribution in [0.4, 0.5) is 0 Å². The van der Waals surface area contributed by atoms with Gasteiger partial charge in [-0.1, -0.05) is 12.1 Å². The molecule has 0 saturated carbocycles. The molecule has 1 heterocycles. The summed E-state index contributed by atoms with van der Waals surface area (Å²) in [6.45, 7) is 8.44. The first-order chi connectivity index (χ1) is 11.0. The second-order valence-electron chi connectivity index (χ2n) is 6.35. The number of carbonyl (C=O) groups is 1. The third-order valence-corrected chi connectivity index (χ3v) is 5.35. The van der Waals surface area contributed by atoms with E-state index in [1.54, 1.807) is 11.8 Å². The lowest BCUT2D eigenvalue weighted by Gasteiger charge is -2.43. The number of nitriles is 1. The van der Waals surface area contributed by atoms with Crippen LogP contribution in [0, 0.1) is 11.3 Å². The summed E-state index contributed by atoms with van der Waals surface area (Å²) < 4.78 is 0. The molecule has 0 N–H and O–H groups in total. The molecule has 23 heavy (non-hydrogen) atoms. The van der Waals surface area contributed by atoms with Crippen LogP contribution in [-0.4, -0.2) is 60.1 Å². The number of thioether (sulfide) groups is 1. The molecule has 1 saturated heterocycles. The van der Waals surface area contributed by atoms with E-state index in [-0.39, 0.29) is 5.78 Å². The zero-order chi connectivity index (χ0) is 16.9. The average Bonchev–Trinajstić information content (AvgIpc) is 2.59. The molecule has 0 radical (unpaired) electrons. The Morgan fingerprint density at radius 3 is 2.35 bits per heavy atom. The third kappa shape index (κ3) is 4.35. The van der Waals surface area contributed by atoms with Crippen molar-refractivity contribution in [1.82, 2.24) is 9.80 Å². The Morgan fingerprint density at radius 1 is 1.22 bits per heavy atom. The van der Waals surface area contributed by atoms with Gasteiger partial charge in [-0.25, -0.2) is 0 Å². The molecule has 0 unspecified atom stereocenters. The van der Waals surface area contributed by atoms with Crippen molar-refractivity contribution < 1.29 is 4.79 Å². The molecule has 1 aliphatic rings. The molecule has 4 nitrogen and oxygen atoms in total. The number of nitrogens with zero attached hydrogens (tertiary/aromatic N) is 3. The molecular formula is C18H25N3OS. The third-order valence-electron chi connectivity index (χ3n) is 4.61. The van der Waals surface area contributed by atoms with Gasteiger partial charge in [0.2, 0.25) is 0 Å². The van der Waals surface area contributed by atoms with Crippen molar-refractivity contribution in [3.8, 4) is 6.07 Å². The Bertz CT molecular complexity index is 569. The average molecular weight is 331 g/mol. The van der Waals surface area contributed by atoms with Crippen LogP contribution in [-0.2, 0) is 0 Å². The fourth-order valence-corrected chi connectivity index (χ4v) is 3.39. The van der Waals surface area contributed by atoms with E-state index in [9.17, 15) is 4.79 Å². The molecule has 0 aromatic heterocycles. The summed E-state index contributed by atoms with van der Waals surface area (Å²) in [7, 11) is 0. The van der Waals surface area contributed by atoms with E-state index in [1.165, 1.54) is 4.90 Å². The fourth-order valence-electron chi connectivity index (χ4n) is 2.98. The van der Waals surface area contributed by atoms with Crippen molar-refractivity contribution in [2.24, 2.45) is 0 Å². The quantitative estimate of drug-likeness (QED) is 0.592. The van der Waals surface area contributed by atoms with Crippen LogP contribution in [0.1, 0.15) is 30.6 Å². The second-order valence-corrected chi connectivity index (χ2v) is 7.23. The number of Topliss-reactive ketones (excluding diaryl/α,β-unsaturated/α-hetero) is 1. The Kier molecular flexibility index (Phi) is 6.23. The molecule has 1 aromatic rings. The zero-order valence-corrected chi connectivity index (χ0v) is 15.0. The minimum Gasteiger partial charge on any atom is -0.300 e. The van der Waals surface area contributed by atoms with E-state index in [0.717, 1.165) is 38.3 Å². The maximum absolute atomic E-state index is 12.9. The predicted octanol–water partition coefficient (Wildman–Crippen LogP) is 2.90. The highest BCUT2D eigenvalue weighted by atomic mass is 32.2. The lowest BCUT2D eigenvalue weighted by Crippen LogP contribution is -2.57. The maximum Gasteiger partial charge on any atom is 0.182 e. The standard InChI is InChI=1S/C18H25N3OS/c1-18(2,17(22)15-5-7-16(23-3)8-6-15)21-13-11-20(12-14-21)10-4-9-19/h5-8H,4,10-14H2,1-3H3. The molecule has 1 aliphatic heterocycles. The molecule has 0 bridgehead atoms. The predicted molar refractivity (Wildman–Crippen MR) is 94.9 cm³/mol. The zero-order valence-electron chi connectivity index (χ0n) is 14.2. The number of carbonyl (C=O) groups excluding carboxylic acids is 1. The number of rotatable bonds is 6. The highest BCUT2D eigenvalue weighted by Crippen LogP contribution is 2.24. The summed E-state index contributed by atoms with van der Waals surface area (Å²) in [6, 6.07) is 10.1. The molecule has 1 fully saturated rings. The Balaban J connectivity index is 2.00. The summed E-state index contributed by atoms with van der Waals surface area (Å²) in [4.78, 5) is 18.6. The second kappa shape index (κ2) is 7.96. The maximum atomic E-state index is 12.9. The van der Waals surface area contributed by atoms with Gasteiger partial charge in [0.05, 0.1) is 11.6 Å². The van der Waals surface area contributed by atoms with Gasteiger partial charge in [-0.05, 0) is 32.2 Å². The van der Waals surface area contributed by atoms with Gasteiger partial charge in [-0.2, -0.15) is 5.26 Å². The van der Waals surface area contributed by atoms with Crippen molar-refractivity contribution in [2.45, 2.75) is 30.7 Å². The van der Waals surface area contributed by atoms with Gasteiger partial charge in [0.15, 0.2) is 5.78 Å². The SMILES string of the molecule is CSc1ccc(C(=O)C(C)(C)N2CCN(CCC#N)CC2)cc1. The molecule has 0 atom stereocenters. The number of hydrogen-bond donors (Lipinski definition) is 0. The van der Waals surface area contributed by atoms with Crippen LogP contribution < -0.4 is 0 Å². The largest absolute Gasteiger partial charge is 0.300 e. The summed E-state index contributed by atoms with van der Waals surface area (Å²) in [5.41, 5.74) is 0.280. The monoisotopic (exact) mass is 331 g/mol. The summed E-state index contributed by atoms with van der Waals surface area (Å²) >= 11 is 1.68. The van der Waals surface area contributed by atoms with Gasteiger partial charge in [0.1, 0.15) is 0 Å². The van der Waals surface area contributed by atoms with Crippen LogP contribution >= 0.6 is 11.8 Å². The molecule has 124 valence electrons. The van der Waals surface area contributed by atoms with Gasteiger partial charge in [0.25, 0.3) is 0 Å². The first kappa shape index (κ1) is 18.0. The van der Waals surface area contributed by atoms with E-state index in [2.05, 4.69) is 15.9 Å². The van der Waals surface area contributed by atoms with Crippen LogP contribution in [0.25, 0.3) is 0 Å². The lowest BCUT2D eigenvalue weighted by atomic mass is 9.90. The molecule has 0 amide bonds. The van der Waals surface area contributed by atoms with Gasteiger partial charge in [-0.15, -0.1) is 11.8 Å². The van der Waals surface area contributed by atoms with Gasteiger partial charge < -0.3 is 0 Å². The lowest BCUT2D eigenvalue weighted by molar-refractivity contribution is 0.0420. The summed E-state index contributed by atoms with van der Waals surface area (Å²) in [6.07, 6.45) is 2.61. The van der Waals surface area contributed by atoms with Crippen LogP contribution in [0.2, 0.25) is 0 Å². The number of piperazine rings is 1. The van der Waals surface area contributed by atoms with Crippen LogP contribution in [0.5, 0.6) is 0 Å². The van der Waals surface area contributed by atoms with Gasteiger partial charge in [0, 0.05) is 49.6 Å². The minimum atomic E-state index is -0.498. The van der Waals surface area contributed by atoms with E-state index >= 15 is 0 Å². The van der Waals surface area contributed by atoms with Crippen molar-refractivity contribution in [3.05, 3.63) is 29.8 Å². The van der Waals surface area contributed by atoms with Crippen molar-refractivity contribution in [1.29, 1.82) is 5.26 Å². The summed E-state index contributed by atoms with van der Waals surface area (Å²) in [5.74, 6) is 0.177. The van der Waals surface area contributed by atoms with Crippen LogP contribution in [0.15, 0.2) is 29.2 Å². The normalized spacial score (nSPS) is 17.0. The van der Waals surface area contributed by atoms with Crippen LogP contribution in [0.3, 0.4) is 0 Å². The topological polar surface area (TPSA) is 47.3 Å². The smallest absolute Gasteiger partial charge is 0.182 e. The Morgan fingerprint density at radius 2 is 1.83 bits per heavy atom. The van der Waals surface area contributed by atoms with Gasteiger partial charge >= 0.3 is 0 Å². The van der Waals surface area contributed by atoms with Crippen molar-refractivity contribution >= 4 is 17.5 Å². The number of ketones is 1. The Labute approximate surface area is 143 Å². The molecule has 2 rings (SSSR count). The Hall–Kier alpha value is -1.35. The molecule has 0 aliphatic carbocycles. The van der Waals surface area contributed by atoms with E-state index in [4.69, 9.17) is 5.26 Å². The molecular weight excluding hydrogens is 306 g/mol. The van der Waals surface area contributed by atoms with Gasteiger partial charge in [-0.3, -0.25) is 14.6 Å². The fraction of sp³-hybridized carbons (Fsp3) is 0.556. The van der Waals surface area contributed by atoms with E-state index in [0.29, 0.717) is 6.42 Å². The minimum absolute atomic E-state index is 0.177.